The van der Waals surface area contributed by atoms with Crippen LogP contribution in [-0.4, -0.2) is 17.5 Å². The normalized spacial score (nSPS) is 10.8. The highest BCUT2D eigenvalue weighted by molar-refractivity contribution is 5.97. The van der Waals surface area contributed by atoms with Gasteiger partial charge in [-0.3, -0.25) is 4.79 Å². The van der Waals surface area contributed by atoms with Crippen LogP contribution in [0.15, 0.2) is 48.7 Å². The lowest BCUT2D eigenvalue weighted by atomic mass is 10.1. The lowest BCUT2D eigenvalue weighted by molar-refractivity contribution is 0.112. The van der Waals surface area contributed by atoms with Crippen molar-refractivity contribution in [3.63, 3.8) is 0 Å². The maximum absolute atomic E-state index is 11.2. The topological polar surface area (TPSA) is 31.2 Å². The summed E-state index contributed by atoms with van der Waals surface area (Å²) < 4.78 is 7.90. The number of hydrogen-bond donors (Lipinski definition) is 0. The fourth-order valence-electron chi connectivity index (χ4n) is 2.62. The number of carbonyl (C=O) groups excluding carboxylic acids is 1. The summed E-state index contributed by atoms with van der Waals surface area (Å²) in [5, 5.41) is 0.990. The smallest absolute Gasteiger partial charge is 0.152 e. The third kappa shape index (κ3) is 2.75. The van der Waals surface area contributed by atoms with Crippen molar-refractivity contribution in [3.05, 3.63) is 65.4 Å². The van der Waals surface area contributed by atoms with Crippen molar-refractivity contribution in [3.8, 4) is 5.75 Å². The van der Waals surface area contributed by atoms with Crippen LogP contribution in [0.1, 0.15) is 21.5 Å². The van der Waals surface area contributed by atoms with Gasteiger partial charge >= 0.3 is 0 Å². The number of aldehydes is 1. The van der Waals surface area contributed by atoms with Gasteiger partial charge in [0.15, 0.2) is 6.29 Å². The van der Waals surface area contributed by atoms with E-state index in [1.54, 1.807) is 0 Å². The fourth-order valence-corrected chi connectivity index (χ4v) is 2.62. The van der Waals surface area contributed by atoms with Gasteiger partial charge < -0.3 is 9.30 Å². The van der Waals surface area contributed by atoms with Crippen molar-refractivity contribution in [2.75, 3.05) is 6.61 Å². The molecule has 2 aromatic carbocycles. The van der Waals surface area contributed by atoms with Crippen LogP contribution >= 0.6 is 0 Å². The minimum atomic E-state index is 0.569. The minimum absolute atomic E-state index is 0.569. The molecule has 0 aliphatic carbocycles. The molecule has 0 aliphatic rings. The van der Waals surface area contributed by atoms with Crippen molar-refractivity contribution >= 4 is 17.2 Å². The molecule has 3 aromatic rings. The van der Waals surface area contributed by atoms with E-state index < -0.39 is 0 Å². The number of fused-ring (bicyclic) bond motifs is 1. The first-order valence-corrected chi connectivity index (χ1v) is 7.42. The van der Waals surface area contributed by atoms with Crippen LogP contribution in [0.2, 0.25) is 0 Å². The van der Waals surface area contributed by atoms with E-state index in [4.69, 9.17) is 4.74 Å². The summed E-state index contributed by atoms with van der Waals surface area (Å²) in [7, 11) is 0. The summed E-state index contributed by atoms with van der Waals surface area (Å²) in [5.41, 5.74) is 4.28. The monoisotopic (exact) mass is 293 g/mol. The maximum atomic E-state index is 11.2. The Labute approximate surface area is 130 Å². The average Bonchev–Trinajstić information content (AvgIpc) is 2.89. The lowest BCUT2D eigenvalue weighted by Crippen LogP contribution is -2.07. The number of ether oxygens (including phenoxy) is 1. The Morgan fingerprint density at radius 3 is 2.68 bits per heavy atom. The van der Waals surface area contributed by atoms with Crippen LogP contribution < -0.4 is 4.74 Å². The van der Waals surface area contributed by atoms with Gasteiger partial charge in [-0.05, 0) is 43.2 Å². The van der Waals surface area contributed by atoms with Gasteiger partial charge in [0.25, 0.3) is 0 Å². The van der Waals surface area contributed by atoms with Crippen molar-refractivity contribution in [1.29, 1.82) is 0 Å². The Morgan fingerprint density at radius 1 is 1.09 bits per heavy atom. The van der Waals surface area contributed by atoms with E-state index in [1.165, 1.54) is 11.1 Å². The van der Waals surface area contributed by atoms with Gasteiger partial charge in [-0.15, -0.1) is 0 Å². The summed E-state index contributed by atoms with van der Waals surface area (Å²) in [6.45, 7) is 5.45. The fraction of sp³-hybridized carbons (Fsp3) is 0.211. The molecular formula is C19H19NO2. The van der Waals surface area contributed by atoms with Gasteiger partial charge in [-0.25, -0.2) is 0 Å². The van der Waals surface area contributed by atoms with E-state index in [9.17, 15) is 4.79 Å². The van der Waals surface area contributed by atoms with E-state index in [2.05, 4.69) is 30.5 Å². The van der Waals surface area contributed by atoms with E-state index >= 15 is 0 Å². The zero-order valence-corrected chi connectivity index (χ0v) is 12.9. The number of para-hydroxylation sites is 1. The standard InChI is InChI=1S/C19H19NO2/c1-14-7-8-17(11-15(14)2)22-10-9-20-12-16(13-21)18-5-3-4-6-19(18)20/h3-8,11-13H,9-10H2,1-2H3. The lowest BCUT2D eigenvalue weighted by Gasteiger charge is -2.09. The predicted molar refractivity (Wildman–Crippen MR) is 88.7 cm³/mol. The van der Waals surface area contributed by atoms with Crippen molar-refractivity contribution in [2.45, 2.75) is 20.4 Å². The van der Waals surface area contributed by atoms with Crippen molar-refractivity contribution in [2.24, 2.45) is 0 Å². The molecule has 112 valence electrons. The van der Waals surface area contributed by atoms with Gasteiger partial charge in [0.1, 0.15) is 12.4 Å². The van der Waals surface area contributed by atoms with E-state index in [0.29, 0.717) is 13.2 Å². The van der Waals surface area contributed by atoms with E-state index in [1.807, 2.05) is 36.5 Å². The van der Waals surface area contributed by atoms with E-state index in [0.717, 1.165) is 28.5 Å². The van der Waals surface area contributed by atoms with Gasteiger partial charge in [0.05, 0.1) is 6.54 Å². The zero-order chi connectivity index (χ0) is 15.5. The molecule has 3 heteroatoms. The second-order valence-electron chi connectivity index (χ2n) is 5.51. The average molecular weight is 293 g/mol. The number of aryl methyl sites for hydroxylation is 2. The molecule has 0 atom stereocenters. The molecule has 0 fully saturated rings. The molecule has 0 aliphatic heterocycles. The summed E-state index contributed by atoms with van der Waals surface area (Å²) in [6, 6.07) is 14.0. The second-order valence-corrected chi connectivity index (χ2v) is 5.51. The Bertz CT molecular complexity index is 817. The SMILES string of the molecule is Cc1ccc(OCCn2cc(C=O)c3ccccc32)cc1C. The number of carbonyl (C=O) groups is 1. The van der Waals surface area contributed by atoms with Crippen LogP contribution in [0.25, 0.3) is 10.9 Å². The van der Waals surface area contributed by atoms with Crippen LogP contribution in [0.4, 0.5) is 0 Å². The molecule has 0 amide bonds. The molecule has 0 bridgehead atoms. The maximum Gasteiger partial charge on any atom is 0.152 e. The Kier molecular flexibility index (Phi) is 3.96. The van der Waals surface area contributed by atoms with Crippen LogP contribution in [0, 0.1) is 13.8 Å². The molecular weight excluding hydrogens is 274 g/mol. The molecule has 1 heterocycles. The van der Waals surface area contributed by atoms with Crippen LogP contribution in [0.3, 0.4) is 0 Å². The number of benzene rings is 2. The highest BCUT2D eigenvalue weighted by atomic mass is 16.5. The molecule has 3 nitrogen and oxygen atoms in total. The largest absolute Gasteiger partial charge is 0.492 e. The quantitative estimate of drug-likeness (QED) is 0.662. The van der Waals surface area contributed by atoms with Gasteiger partial charge in [0.2, 0.25) is 0 Å². The minimum Gasteiger partial charge on any atom is -0.492 e. The molecule has 0 unspecified atom stereocenters. The molecule has 0 saturated heterocycles. The second kappa shape index (κ2) is 6.06. The van der Waals surface area contributed by atoms with Crippen LogP contribution in [-0.2, 0) is 6.54 Å². The summed E-state index contributed by atoms with van der Waals surface area (Å²) in [4.78, 5) is 11.2. The molecule has 0 radical (unpaired) electrons. The zero-order valence-electron chi connectivity index (χ0n) is 12.9. The molecule has 0 saturated carbocycles. The third-order valence-electron chi connectivity index (χ3n) is 4.03. The van der Waals surface area contributed by atoms with Gasteiger partial charge in [-0.1, -0.05) is 24.3 Å². The first-order valence-electron chi connectivity index (χ1n) is 7.42. The number of aromatic nitrogens is 1. The van der Waals surface area contributed by atoms with E-state index in [-0.39, 0.29) is 0 Å². The Balaban J connectivity index is 1.74. The Morgan fingerprint density at radius 2 is 1.91 bits per heavy atom. The Hall–Kier alpha value is -2.55. The highest BCUT2D eigenvalue weighted by Crippen LogP contribution is 2.20. The molecule has 22 heavy (non-hydrogen) atoms. The predicted octanol–water partition coefficient (Wildman–Crippen LogP) is 4.15. The number of rotatable bonds is 5. The van der Waals surface area contributed by atoms with Crippen molar-refractivity contribution < 1.29 is 9.53 Å². The summed E-state index contributed by atoms with van der Waals surface area (Å²) in [5.74, 6) is 0.884. The third-order valence-corrected chi connectivity index (χ3v) is 4.03. The molecule has 1 aromatic heterocycles. The molecule has 0 N–H and O–H groups in total. The van der Waals surface area contributed by atoms with Crippen molar-refractivity contribution in [1.82, 2.24) is 4.57 Å². The van der Waals surface area contributed by atoms with Gasteiger partial charge in [-0.2, -0.15) is 0 Å². The molecule has 3 rings (SSSR count). The highest BCUT2D eigenvalue weighted by Gasteiger charge is 2.07. The molecule has 0 spiro atoms. The number of hydrogen-bond acceptors (Lipinski definition) is 2. The van der Waals surface area contributed by atoms with Crippen LogP contribution in [0.5, 0.6) is 5.75 Å². The first kappa shape index (κ1) is 14.4. The summed E-state index contributed by atoms with van der Waals surface area (Å²) in [6.07, 6.45) is 2.80. The summed E-state index contributed by atoms with van der Waals surface area (Å²) >= 11 is 0. The number of nitrogens with zero attached hydrogens (tertiary/aromatic N) is 1. The first-order chi connectivity index (χ1) is 10.7. The van der Waals surface area contributed by atoms with Gasteiger partial charge in [0, 0.05) is 22.7 Å².